The molecule has 33 heavy (non-hydrogen) atoms. The van der Waals surface area contributed by atoms with Gasteiger partial charge in [0.2, 0.25) is 0 Å². The maximum atomic E-state index is 12.8. The molecule has 1 aromatic heterocycles. The van der Waals surface area contributed by atoms with E-state index in [9.17, 15) is 4.79 Å². The Kier molecular flexibility index (Phi) is 13.9. The largest absolute Gasteiger partial charge is 0.294 e. The van der Waals surface area contributed by atoms with Crippen LogP contribution in [0.2, 0.25) is 0 Å². The fraction of sp³-hybridized carbons (Fsp3) is 0.355. The second-order valence-corrected chi connectivity index (χ2v) is 8.14. The second kappa shape index (κ2) is 16.5. The van der Waals surface area contributed by atoms with Crippen LogP contribution < -0.4 is 0 Å². The topological polar surface area (TPSA) is 30.0 Å². The van der Waals surface area contributed by atoms with Crippen LogP contribution in [0.5, 0.6) is 0 Å². The van der Waals surface area contributed by atoms with Gasteiger partial charge >= 0.3 is 0 Å². The second-order valence-electron chi connectivity index (χ2n) is 8.14. The highest BCUT2D eigenvalue weighted by Crippen LogP contribution is 2.36. The summed E-state index contributed by atoms with van der Waals surface area (Å²) in [6, 6.07) is 12.4. The Morgan fingerprint density at radius 1 is 1.09 bits per heavy atom. The summed E-state index contributed by atoms with van der Waals surface area (Å²) in [6.07, 6.45) is 25.3. The summed E-state index contributed by atoms with van der Waals surface area (Å²) in [5.41, 5.74) is 4.99. The minimum Gasteiger partial charge on any atom is -0.294 e. The van der Waals surface area contributed by atoms with Crippen molar-refractivity contribution in [1.82, 2.24) is 4.98 Å². The average Bonchev–Trinajstić information content (AvgIpc) is 3.70. The molecule has 1 aromatic carbocycles. The van der Waals surface area contributed by atoms with Crippen LogP contribution in [0.4, 0.5) is 0 Å². The number of hydrogen-bond acceptors (Lipinski definition) is 2. The van der Waals surface area contributed by atoms with Gasteiger partial charge in [0, 0.05) is 23.9 Å². The predicted molar refractivity (Wildman–Crippen MR) is 143 cm³/mol. The fourth-order valence-electron chi connectivity index (χ4n) is 3.30. The van der Waals surface area contributed by atoms with E-state index in [1.54, 1.807) is 12.4 Å². The molecule has 3 rings (SSSR count). The Balaban J connectivity index is 0.00000101. The summed E-state index contributed by atoms with van der Waals surface area (Å²) < 4.78 is 0. The number of terminal acetylenes is 1. The van der Waals surface area contributed by atoms with Gasteiger partial charge in [-0.1, -0.05) is 95.2 Å². The van der Waals surface area contributed by atoms with Gasteiger partial charge in [-0.05, 0) is 54.0 Å². The highest BCUT2D eigenvalue weighted by Gasteiger charge is 2.32. The van der Waals surface area contributed by atoms with Crippen LogP contribution in [0.25, 0.3) is 5.57 Å². The molecule has 0 amide bonds. The lowest BCUT2D eigenvalue weighted by Gasteiger charge is -2.13. The van der Waals surface area contributed by atoms with Gasteiger partial charge in [-0.25, -0.2) is 0 Å². The molecular weight excluding hydrogens is 402 g/mol. The molecule has 0 saturated heterocycles. The molecule has 0 bridgehead atoms. The molecule has 0 unspecified atom stereocenters. The molecule has 0 N–H and O–H groups in total. The summed E-state index contributed by atoms with van der Waals surface area (Å²) in [7, 11) is 0. The third kappa shape index (κ3) is 9.87. The zero-order valence-electron chi connectivity index (χ0n) is 20.6. The van der Waals surface area contributed by atoms with Crippen molar-refractivity contribution in [3.05, 3.63) is 95.9 Å². The number of pyridine rings is 1. The molecule has 2 heteroatoms. The van der Waals surface area contributed by atoms with Crippen molar-refractivity contribution in [3.63, 3.8) is 0 Å². The van der Waals surface area contributed by atoms with Crippen LogP contribution in [-0.4, -0.2) is 10.8 Å². The van der Waals surface area contributed by atoms with Gasteiger partial charge in [-0.15, -0.1) is 12.8 Å². The molecule has 1 saturated carbocycles. The average molecular weight is 442 g/mol. The first-order valence-corrected chi connectivity index (χ1v) is 12.0. The summed E-state index contributed by atoms with van der Waals surface area (Å²) in [5, 5.41) is 0. The van der Waals surface area contributed by atoms with E-state index in [-0.39, 0.29) is 11.7 Å². The molecule has 1 heterocycles. The molecule has 1 fully saturated rings. The number of carbonyl (C=O) groups is 1. The van der Waals surface area contributed by atoms with Crippen LogP contribution in [-0.2, 0) is 6.42 Å². The molecule has 0 aliphatic heterocycles. The number of nitrogens with zero attached hydrogens (tertiary/aromatic N) is 1. The van der Waals surface area contributed by atoms with Gasteiger partial charge < -0.3 is 0 Å². The van der Waals surface area contributed by atoms with Crippen molar-refractivity contribution >= 4 is 11.4 Å². The molecule has 0 atom stereocenters. The molecular formula is C31H39NO. The number of hydrogen-bond donors (Lipinski definition) is 0. The Hall–Kier alpha value is -3.18. The Labute approximate surface area is 201 Å². The van der Waals surface area contributed by atoms with Crippen molar-refractivity contribution in [2.24, 2.45) is 5.92 Å². The minimum atomic E-state index is 0.182. The predicted octanol–water partition coefficient (Wildman–Crippen LogP) is 8.27. The molecule has 174 valence electrons. The van der Waals surface area contributed by atoms with Gasteiger partial charge in [-0.3, -0.25) is 9.78 Å². The van der Waals surface area contributed by atoms with E-state index in [1.807, 2.05) is 12.1 Å². The van der Waals surface area contributed by atoms with Gasteiger partial charge in [0.15, 0.2) is 5.78 Å². The summed E-state index contributed by atoms with van der Waals surface area (Å²) in [6.45, 7) is 10.8. The number of benzene rings is 1. The van der Waals surface area contributed by atoms with E-state index < -0.39 is 0 Å². The normalized spacial score (nSPS) is 12.8. The number of rotatable bonds is 10. The molecule has 0 spiro atoms. The van der Waals surface area contributed by atoms with Crippen molar-refractivity contribution in [3.8, 4) is 12.8 Å². The number of Topliss-reactive ketones (excluding diaryl/α,β-unsaturated/α-hetero) is 1. The van der Waals surface area contributed by atoms with Crippen molar-refractivity contribution in [1.29, 1.82) is 0 Å². The van der Waals surface area contributed by atoms with E-state index >= 15 is 0 Å². The van der Waals surface area contributed by atoms with Crippen molar-refractivity contribution < 1.29 is 4.79 Å². The smallest absolute Gasteiger partial charge is 0.168 e. The van der Waals surface area contributed by atoms with Crippen molar-refractivity contribution in [2.45, 2.75) is 65.7 Å². The van der Waals surface area contributed by atoms with Crippen LogP contribution >= 0.6 is 0 Å². The Morgan fingerprint density at radius 2 is 1.76 bits per heavy atom. The lowest BCUT2D eigenvalue weighted by molar-refractivity contribution is 0.0967. The summed E-state index contributed by atoms with van der Waals surface area (Å²) in [5.74, 6) is 0.410. The van der Waals surface area contributed by atoms with E-state index in [4.69, 9.17) is 0 Å². The fourth-order valence-corrected chi connectivity index (χ4v) is 3.30. The standard InChI is InChI=1S/C26H29NO.C3H8.C2H2/c1-3-4-6-14-23(20(2)10-9-13-21-11-7-5-8-12-21)24-17-18-27-19-25(24)26(28)22-15-16-22;1-3-2;1-2/h5,7-12,14,17-19,22H,2-4,6,13,15-16H2,1H3;3H2,1-2H3;1-2H/b10-9-,23-14-;;. The van der Waals surface area contributed by atoms with Gasteiger partial charge in [0.05, 0.1) is 0 Å². The van der Waals surface area contributed by atoms with Crippen LogP contribution in [0.3, 0.4) is 0 Å². The summed E-state index contributed by atoms with van der Waals surface area (Å²) in [4.78, 5) is 17.0. The Bertz CT molecular complexity index is 930. The number of allylic oxidation sites excluding steroid dienone is 5. The van der Waals surface area contributed by atoms with E-state index in [2.05, 4.69) is 87.7 Å². The maximum Gasteiger partial charge on any atom is 0.168 e. The summed E-state index contributed by atoms with van der Waals surface area (Å²) >= 11 is 0. The molecule has 0 radical (unpaired) electrons. The van der Waals surface area contributed by atoms with E-state index in [0.717, 1.165) is 60.8 Å². The van der Waals surface area contributed by atoms with Crippen molar-refractivity contribution in [2.75, 3.05) is 0 Å². The quantitative estimate of drug-likeness (QED) is 0.161. The number of aromatic nitrogens is 1. The first kappa shape index (κ1) is 27.9. The van der Waals surface area contributed by atoms with E-state index in [0.29, 0.717) is 0 Å². The van der Waals surface area contributed by atoms with Gasteiger partial charge in [0.25, 0.3) is 0 Å². The van der Waals surface area contributed by atoms with Gasteiger partial charge in [-0.2, -0.15) is 0 Å². The molecule has 2 aromatic rings. The zero-order chi connectivity index (χ0) is 24.5. The first-order valence-electron chi connectivity index (χ1n) is 12.0. The third-order valence-corrected chi connectivity index (χ3v) is 5.09. The lowest BCUT2D eigenvalue weighted by atomic mass is 9.91. The minimum absolute atomic E-state index is 0.182. The monoisotopic (exact) mass is 441 g/mol. The number of carbonyl (C=O) groups excluding carboxylic acids is 1. The molecule has 1 aliphatic rings. The SMILES string of the molecule is C#C.C=C(/C=C\Cc1ccccc1)/C(=C/CCCC)c1ccncc1C(=O)C1CC1.CCC. The van der Waals surface area contributed by atoms with E-state index in [1.165, 1.54) is 12.0 Å². The third-order valence-electron chi connectivity index (χ3n) is 5.09. The molecule has 1 aliphatic carbocycles. The van der Waals surface area contributed by atoms with Crippen LogP contribution in [0.1, 0.15) is 80.8 Å². The Morgan fingerprint density at radius 3 is 2.36 bits per heavy atom. The van der Waals surface area contributed by atoms with Crippen LogP contribution in [0, 0.1) is 18.8 Å². The highest BCUT2D eigenvalue weighted by molar-refractivity contribution is 6.04. The highest BCUT2D eigenvalue weighted by atomic mass is 16.1. The maximum absolute atomic E-state index is 12.8. The molecule has 2 nitrogen and oxygen atoms in total. The lowest BCUT2D eigenvalue weighted by Crippen LogP contribution is -2.06. The first-order chi connectivity index (χ1) is 16.1. The number of ketones is 1. The number of unbranched alkanes of at least 4 members (excludes halogenated alkanes) is 2. The van der Waals surface area contributed by atoms with Crippen LogP contribution in [0.15, 0.2) is 79.2 Å². The zero-order valence-corrected chi connectivity index (χ0v) is 20.6. The van der Waals surface area contributed by atoms with Gasteiger partial charge in [0.1, 0.15) is 0 Å².